The van der Waals surface area contributed by atoms with E-state index in [0.717, 1.165) is 64.6 Å². The number of rotatable bonds is 8. The Morgan fingerprint density at radius 2 is 1.65 bits per heavy atom. The third-order valence-electron chi connectivity index (χ3n) is 7.45. The van der Waals surface area contributed by atoms with Crippen LogP contribution in [0.4, 0.5) is 4.79 Å². The van der Waals surface area contributed by atoms with Gasteiger partial charge in [0.05, 0.1) is 6.61 Å². The first-order valence-corrected chi connectivity index (χ1v) is 13.8. The van der Waals surface area contributed by atoms with Crippen LogP contribution in [0, 0.1) is 5.41 Å². The quantitative estimate of drug-likeness (QED) is 0.210. The predicted octanol–water partition coefficient (Wildman–Crippen LogP) is 3.68. The molecule has 0 aromatic rings. The lowest BCUT2D eigenvalue weighted by molar-refractivity contribution is -0.143. The molecule has 3 rings (SSSR count). The summed E-state index contributed by atoms with van der Waals surface area (Å²) >= 11 is 0. The Labute approximate surface area is 220 Å². The van der Waals surface area contributed by atoms with Crippen molar-refractivity contribution in [3.8, 4) is 0 Å². The van der Waals surface area contributed by atoms with Crippen LogP contribution in [0.3, 0.4) is 0 Å². The van der Waals surface area contributed by atoms with E-state index < -0.39 is 0 Å². The average molecular weight is 518 g/mol. The number of carbonyl (C=O) groups excluding carboxylic acids is 4. The summed E-state index contributed by atoms with van der Waals surface area (Å²) in [6.07, 6.45) is 13.5. The fraction of sp³-hybridized carbons (Fsp3) is 0.714. The predicted molar refractivity (Wildman–Crippen MR) is 140 cm³/mol. The number of unbranched alkanes of at least 4 members (excludes halogenated alkanes) is 3. The van der Waals surface area contributed by atoms with Gasteiger partial charge in [0.15, 0.2) is 0 Å². The number of carbonyl (C=O) groups is 4. The topological polar surface area (TPSA) is 96.5 Å². The van der Waals surface area contributed by atoms with Crippen molar-refractivity contribution >= 4 is 23.9 Å². The molecule has 0 spiro atoms. The molecule has 0 N–H and O–H groups in total. The van der Waals surface area contributed by atoms with Crippen LogP contribution in [0.5, 0.6) is 0 Å². The maximum atomic E-state index is 13.0. The summed E-state index contributed by atoms with van der Waals surface area (Å²) in [5, 5.41) is 0. The van der Waals surface area contributed by atoms with Crippen molar-refractivity contribution < 1.29 is 28.7 Å². The van der Waals surface area contributed by atoms with Crippen LogP contribution < -0.4 is 0 Å². The normalized spacial score (nSPS) is 24.4. The fourth-order valence-corrected chi connectivity index (χ4v) is 4.93. The number of amides is 3. The zero-order valence-corrected chi connectivity index (χ0v) is 22.5. The third kappa shape index (κ3) is 9.29. The first-order chi connectivity index (χ1) is 17.8. The van der Waals surface area contributed by atoms with E-state index in [2.05, 4.69) is 18.7 Å². The van der Waals surface area contributed by atoms with Gasteiger partial charge in [-0.05, 0) is 44.7 Å². The molecule has 1 unspecified atom stereocenters. The van der Waals surface area contributed by atoms with E-state index >= 15 is 0 Å². The van der Waals surface area contributed by atoms with Gasteiger partial charge >= 0.3 is 12.1 Å². The third-order valence-corrected chi connectivity index (χ3v) is 7.45. The second-order valence-electron chi connectivity index (χ2n) is 10.8. The van der Waals surface area contributed by atoms with Crippen LogP contribution in [0.1, 0.15) is 71.6 Å². The van der Waals surface area contributed by atoms with Crippen LogP contribution in [-0.2, 0) is 23.9 Å². The summed E-state index contributed by atoms with van der Waals surface area (Å²) in [6.45, 7) is 9.02. The highest BCUT2D eigenvalue weighted by Gasteiger charge is 2.33. The van der Waals surface area contributed by atoms with Crippen molar-refractivity contribution in [2.24, 2.45) is 5.41 Å². The van der Waals surface area contributed by atoms with Crippen molar-refractivity contribution in [2.45, 2.75) is 77.7 Å². The van der Waals surface area contributed by atoms with Crippen LogP contribution in [0.25, 0.3) is 0 Å². The molecule has 9 nitrogen and oxygen atoms in total. The summed E-state index contributed by atoms with van der Waals surface area (Å²) in [5.41, 5.74) is -0.219. The lowest BCUT2D eigenvalue weighted by Crippen LogP contribution is -2.50. The van der Waals surface area contributed by atoms with E-state index in [9.17, 15) is 19.2 Å². The van der Waals surface area contributed by atoms with E-state index in [-0.39, 0.29) is 35.4 Å². The van der Waals surface area contributed by atoms with Crippen molar-refractivity contribution in [1.82, 2.24) is 14.7 Å². The second kappa shape index (κ2) is 14.3. The van der Waals surface area contributed by atoms with Gasteiger partial charge in [0.1, 0.15) is 6.10 Å². The Morgan fingerprint density at radius 3 is 2.35 bits per heavy atom. The average Bonchev–Trinajstić information content (AvgIpc) is 3.19. The molecule has 37 heavy (non-hydrogen) atoms. The lowest BCUT2D eigenvalue weighted by Gasteiger charge is -2.37. The Hall–Kier alpha value is -2.68. The smallest absolute Gasteiger partial charge is 0.410 e. The Kier molecular flexibility index (Phi) is 11.2. The van der Waals surface area contributed by atoms with Gasteiger partial charge in [-0.3, -0.25) is 24.2 Å². The van der Waals surface area contributed by atoms with E-state index in [1.807, 2.05) is 12.2 Å². The highest BCUT2D eigenvalue weighted by atomic mass is 16.6. The van der Waals surface area contributed by atoms with Gasteiger partial charge in [-0.15, -0.1) is 0 Å². The molecule has 0 bridgehead atoms. The van der Waals surface area contributed by atoms with Gasteiger partial charge in [-0.1, -0.05) is 39.2 Å². The molecule has 3 aliphatic heterocycles. The summed E-state index contributed by atoms with van der Waals surface area (Å²) in [4.78, 5) is 53.3. The lowest BCUT2D eigenvalue weighted by atomic mass is 9.81. The van der Waals surface area contributed by atoms with Gasteiger partial charge in [0.2, 0.25) is 0 Å². The highest BCUT2D eigenvalue weighted by Crippen LogP contribution is 2.32. The number of imide groups is 1. The number of hydrogen-bond acceptors (Lipinski definition) is 7. The SMILES string of the molecule is CC1(C)CCCCC(=O)OCC/C=C/C1OC(=O)N1CCN(CCCCCCN2C(=O)C=CC2=O)CC1. The van der Waals surface area contributed by atoms with E-state index in [4.69, 9.17) is 9.47 Å². The molecule has 0 aliphatic carbocycles. The molecule has 3 heterocycles. The number of piperazine rings is 1. The van der Waals surface area contributed by atoms with Gasteiger partial charge in [0.25, 0.3) is 11.8 Å². The van der Waals surface area contributed by atoms with E-state index in [0.29, 0.717) is 39.1 Å². The summed E-state index contributed by atoms with van der Waals surface area (Å²) in [6, 6.07) is 0. The van der Waals surface area contributed by atoms with Gasteiger partial charge in [-0.25, -0.2) is 4.79 Å². The Bertz CT molecular complexity index is 842. The largest absolute Gasteiger partial charge is 0.465 e. The van der Waals surface area contributed by atoms with E-state index in [1.54, 1.807) is 4.90 Å². The van der Waals surface area contributed by atoms with Crippen molar-refractivity contribution in [3.05, 3.63) is 24.3 Å². The number of cyclic esters (lactones) is 1. The van der Waals surface area contributed by atoms with Crippen molar-refractivity contribution in [1.29, 1.82) is 0 Å². The molecule has 0 aromatic carbocycles. The number of esters is 1. The minimum absolute atomic E-state index is 0.139. The standard InChI is InChI=1S/C28H43N3O6/c1-28(2)15-7-5-12-26(34)36-22-10-6-11-23(28)37-27(35)30-20-18-29(19-21-30)16-8-3-4-9-17-31-24(32)13-14-25(31)33/h6,11,13-14,23H,3-5,7-10,12,15-22H2,1-2H3/b11-6+. The monoisotopic (exact) mass is 517 g/mol. The maximum absolute atomic E-state index is 13.0. The highest BCUT2D eigenvalue weighted by molar-refractivity contribution is 6.12. The van der Waals surface area contributed by atoms with Crippen LogP contribution in [-0.4, -0.2) is 90.6 Å². The molecule has 3 amide bonds. The number of ether oxygens (including phenoxy) is 2. The minimum atomic E-state index is -0.324. The first-order valence-electron chi connectivity index (χ1n) is 13.8. The molecule has 0 aromatic heterocycles. The van der Waals surface area contributed by atoms with E-state index in [1.165, 1.54) is 17.1 Å². The molecular formula is C28H43N3O6. The zero-order chi connectivity index (χ0) is 26.7. The van der Waals surface area contributed by atoms with Gasteiger partial charge < -0.3 is 14.4 Å². The van der Waals surface area contributed by atoms with Crippen LogP contribution in [0.2, 0.25) is 0 Å². The minimum Gasteiger partial charge on any atom is -0.465 e. The summed E-state index contributed by atoms with van der Waals surface area (Å²) in [5.74, 6) is -0.557. The zero-order valence-electron chi connectivity index (χ0n) is 22.5. The number of hydrogen-bond donors (Lipinski definition) is 0. The summed E-state index contributed by atoms with van der Waals surface area (Å²) in [7, 11) is 0. The number of nitrogens with zero attached hydrogens (tertiary/aromatic N) is 3. The molecular weight excluding hydrogens is 474 g/mol. The Balaban J connectivity index is 1.35. The van der Waals surface area contributed by atoms with Crippen molar-refractivity contribution in [3.63, 3.8) is 0 Å². The van der Waals surface area contributed by atoms with Gasteiger partial charge in [-0.2, -0.15) is 0 Å². The molecule has 9 heteroatoms. The summed E-state index contributed by atoms with van der Waals surface area (Å²) < 4.78 is 11.2. The first kappa shape index (κ1) is 28.9. The van der Waals surface area contributed by atoms with Crippen molar-refractivity contribution in [2.75, 3.05) is 45.9 Å². The second-order valence-corrected chi connectivity index (χ2v) is 10.8. The van der Waals surface area contributed by atoms with Crippen LogP contribution in [0.15, 0.2) is 24.3 Å². The van der Waals surface area contributed by atoms with Crippen LogP contribution >= 0.6 is 0 Å². The molecule has 0 saturated carbocycles. The van der Waals surface area contributed by atoms with Gasteiger partial charge in [0, 0.05) is 56.7 Å². The molecule has 1 atom stereocenters. The molecule has 1 saturated heterocycles. The molecule has 206 valence electrons. The Morgan fingerprint density at radius 1 is 0.973 bits per heavy atom. The maximum Gasteiger partial charge on any atom is 0.410 e. The molecule has 0 radical (unpaired) electrons. The molecule has 3 aliphatic rings. The molecule has 1 fully saturated rings. The fourth-order valence-electron chi connectivity index (χ4n) is 4.93.